The summed E-state index contributed by atoms with van der Waals surface area (Å²) in [6, 6.07) is -0.817. The van der Waals surface area contributed by atoms with Crippen molar-refractivity contribution in [2.75, 3.05) is 6.54 Å². The van der Waals surface area contributed by atoms with E-state index in [0.717, 1.165) is 0 Å². The first-order chi connectivity index (χ1) is 3.31. The van der Waals surface area contributed by atoms with Crippen LogP contribution in [-0.4, -0.2) is 17.8 Å². The molecule has 9 heavy (non-hydrogen) atoms. The van der Waals surface area contributed by atoms with Crippen LogP contribution in [0.1, 0.15) is 6.92 Å². The molecule has 4 nitrogen and oxygen atoms in total. The fourth-order valence-electron chi connectivity index (χ4n) is 0.167. The SMILES string of the molecule is CC[N-]C(=O)[N-]O.[Rb+].[Rb+]. The third-order valence-corrected chi connectivity index (χ3v) is 0.379. The van der Waals surface area contributed by atoms with Crippen LogP contribution < -0.4 is 116 Å². The molecule has 0 heterocycles. The second-order valence-electron chi connectivity index (χ2n) is 0.857. The van der Waals surface area contributed by atoms with Crippen molar-refractivity contribution >= 4 is 6.03 Å². The Labute approximate surface area is 152 Å². The number of hydrogen-bond acceptors (Lipinski definition) is 2. The van der Waals surface area contributed by atoms with Crippen LogP contribution in [0.5, 0.6) is 0 Å². The Morgan fingerprint density at radius 2 is 2.00 bits per heavy atom. The maximum absolute atomic E-state index is 9.83. The molecule has 1 N–H and O–H groups in total. The molecular formula is C3H6N2O2Rb2. The molecule has 0 aromatic carbocycles. The predicted octanol–water partition coefficient (Wildman–Crippen LogP) is -4.73. The molecule has 0 aliphatic rings. The number of hydrogen-bond donors (Lipinski definition) is 1. The smallest absolute Gasteiger partial charge is 0.668 e. The number of carbonyl (C=O) groups is 1. The summed E-state index contributed by atoms with van der Waals surface area (Å²) < 4.78 is 0. The van der Waals surface area contributed by atoms with Gasteiger partial charge in [0.05, 0.1) is 0 Å². The minimum Gasteiger partial charge on any atom is -0.668 e. The summed E-state index contributed by atoms with van der Waals surface area (Å²) in [7, 11) is 0. The van der Waals surface area contributed by atoms with Gasteiger partial charge in [0.2, 0.25) is 0 Å². The Bertz CT molecular complexity index is 70.8. The van der Waals surface area contributed by atoms with E-state index >= 15 is 0 Å². The molecule has 0 bridgehead atoms. The van der Waals surface area contributed by atoms with E-state index in [2.05, 4.69) is 10.8 Å². The largest absolute Gasteiger partial charge is 1.00 e. The predicted molar refractivity (Wildman–Crippen MR) is 24.4 cm³/mol. The molecule has 42 valence electrons. The zero-order valence-corrected chi connectivity index (χ0v) is 15.8. The van der Waals surface area contributed by atoms with Crippen LogP contribution in [0.3, 0.4) is 0 Å². The quantitative estimate of drug-likeness (QED) is 0.385. The monoisotopic (exact) mass is 272 g/mol. The van der Waals surface area contributed by atoms with Crippen LogP contribution >= 0.6 is 0 Å². The number of hydroxylamine groups is 1. The van der Waals surface area contributed by atoms with Gasteiger partial charge in [-0.3, -0.25) is 0 Å². The first kappa shape index (κ1) is 17.8. The second kappa shape index (κ2) is 13.4. The Morgan fingerprint density at radius 3 is 2.11 bits per heavy atom. The van der Waals surface area contributed by atoms with Gasteiger partial charge in [-0.05, 0) is 6.03 Å². The Balaban J connectivity index is -0.000000180. The van der Waals surface area contributed by atoms with Gasteiger partial charge >= 0.3 is 116 Å². The Morgan fingerprint density at radius 1 is 1.56 bits per heavy atom. The molecule has 0 rings (SSSR count). The molecule has 0 saturated carbocycles. The summed E-state index contributed by atoms with van der Waals surface area (Å²) in [6.07, 6.45) is 0. The van der Waals surface area contributed by atoms with E-state index in [1.165, 1.54) is 0 Å². The second-order valence-corrected chi connectivity index (χ2v) is 0.857. The zero-order valence-electron chi connectivity index (χ0n) is 5.96. The van der Waals surface area contributed by atoms with Crippen molar-refractivity contribution in [3.63, 3.8) is 0 Å². The molecule has 0 atom stereocenters. The molecule has 0 fully saturated rings. The average molecular weight is 273 g/mol. The molecule has 6 heteroatoms. The molecule has 2 amide bonds. The van der Waals surface area contributed by atoms with Crippen LogP contribution in [0.15, 0.2) is 0 Å². The fourth-order valence-corrected chi connectivity index (χ4v) is 0.167. The maximum Gasteiger partial charge on any atom is 1.00 e. The first-order valence-corrected chi connectivity index (χ1v) is 1.87. The molecule has 0 radical (unpaired) electrons. The molecule has 0 aromatic rings. The van der Waals surface area contributed by atoms with Crippen molar-refractivity contribution < 1.29 is 126 Å². The van der Waals surface area contributed by atoms with Gasteiger partial charge in [-0.15, -0.1) is 6.54 Å². The Hall–Kier alpha value is 2.84. The third-order valence-electron chi connectivity index (χ3n) is 0.379. The summed E-state index contributed by atoms with van der Waals surface area (Å²) in [5.41, 5.74) is 2.27. The molecule has 0 aliphatic carbocycles. The fraction of sp³-hybridized carbons (Fsp3) is 0.667. The van der Waals surface area contributed by atoms with Gasteiger partial charge in [0, 0.05) is 0 Å². The van der Waals surface area contributed by atoms with Gasteiger partial charge in [-0.25, -0.2) is 0 Å². The standard InChI is InChI=1S/C3H7N2O2.2Rb/c1-2-4-3(6)5-7;;/h2H2,1H3,(H2-,4,5,6,7);;/q-1;2*+1/p-1. The topological polar surface area (TPSA) is 65.5 Å². The van der Waals surface area contributed by atoms with E-state index < -0.39 is 6.03 Å². The van der Waals surface area contributed by atoms with Crippen molar-refractivity contribution in [2.45, 2.75) is 6.92 Å². The number of urea groups is 1. The summed E-state index contributed by atoms with van der Waals surface area (Å²) in [6.45, 7) is 2.05. The zero-order chi connectivity index (χ0) is 5.70. The van der Waals surface area contributed by atoms with E-state index in [1.807, 2.05) is 0 Å². The number of amides is 2. The van der Waals surface area contributed by atoms with Gasteiger partial charge in [0.1, 0.15) is 0 Å². The van der Waals surface area contributed by atoms with Gasteiger partial charge in [0.15, 0.2) is 0 Å². The van der Waals surface area contributed by atoms with Crippen molar-refractivity contribution in [3.8, 4) is 0 Å². The van der Waals surface area contributed by atoms with E-state index in [0.29, 0.717) is 6.54 Å². The van der Waals surface area contributed by atoms with Gasteiger partial charge in [0.25, 0.3) is 0 Å². The van der Waals surface area contributed by atoms with Gasteiger partial charge < -0.3 is 20.8 Å². The number of rotatable bonds is 1. The molecule has 0 unspecified atom stereocenters. The molecule has 0 spiro atoms. The van der Waals surface area contributed by atoms with Gasteiger partial charge in [-0.1, -0.05) is 6.92 Å². The molecule has 0 aliphatic heterocycles. The van der Waals surface area contributed by atoms with Crippen LogP contribution in [-0.2, 0) is 0 Å². The van der Waals surface area contributed by atoms with E-state index in [1.54, 1.807) is 6.92 Å². The van der Waals surface area contributed by atoms with Crippen LogP contribution in [0.25, 0.3) is 10.8 Å². The van der Waals surface area contributed by atoms with Gasteiger partial charge in [-0.2, -0.15) is 0 Å². The van der Waals surface area contributed by atoms with E-state index in [4.69, 9.17) is 5.21 Å². The molecular weight excluding hydrogens is 267 g/mol. The normalized spacial score (nSPS) is 6.00. The minimum atomic E-state index is -0.817. The summed E-state index contributed by atoms with van der Waals surface area (Å²) in [4.78, 5) is 9.83. The minimum absolute atomic E-state index is 0. The average Bonchev–Trinajstić information content (AvgIpc) is 1.68. The van der Waals surface area contributed by atoms with Crippen molar-refractivity contribution in [3.05, 3.63) is 10.8 Å². The summed E-state index contributed by atoms with van der Waals surface area (Å²) in [5, 5.41) is 10.8. The maximum atomic E-state index is 9.83. The Kier molecular flexibility index (Phi) is 26.6. The van der Waals surface area contributed by atoms with Crippen LogP contribution in [0, 0.1) is 0 Å². The van der Waals surface area contributed by atoms with E-state index in [-0.39, 0.29) is 116 Å². The number of carbonyl (C=O) groups excluding carboxylic acids is 1. The summed E-state index contributed by atoms with van der Waals surface area (Å²) >= 11 is 0. The first-order valence-electron chi connectivity index (χ1n) is 1.87. The van der Waals surface area contributed by atoms with E-state index in [9.17, 15) is 4.79 Å². The third kappa shape index (κ3) is 13.8. The summed E-state index contributed by atoms with van der Waals surface area (Å²) in [5.74, 6) is 0. The van der Waals surface area contributed by atoms with Crippen molar-refractivity contribution in [1.82, 2.24) is 0 Å². The number of nitrogens with zero attached hydrogens (tertiary/aromatic N) is 2. The van der Waals surface area contributed by atoms with Crippen molar-refractivity contribution in [1.29, 1.82) is 0 Å². The van der Waals surface area contributed by atoms with Crippen LogP contribution in [0.4, 0.5) is 4.79 Å². The van der Waals surface area contributed by atoms with Crippen molar-refractivity contribution in [2.24, 2.45) is 0 Å². The molecule has 0 aromatic heterocycles. The molecule has 0 saturated heterocycles. The van der Waals surface area contributed by atoms with Crippen LogP contribution in [0.2, 0.25) is 0 Å².